The second-order valence-corrected chi connectivity index (χ2v) is 8.30. The third-order valence-electron chi connectivity index (χ3n) is 4.44. The lowest BCUT2D eigenvalue weighted by atomic mass is 10.1. The molecule has 0 aliphatic carbocycles. The summed E-state index contributed by atoms with van der Waals surface area (Å²) < 4.78 is 25.0. The van der Waals surface area contributed by atoms with Gasteiger partial charge in [-0.2, -0.15) is 0 Å². The maximum Gasteiger partial charge on any atom is 0.242 e. The standard InChI is InChI=1S/C19H21N3O3S/c1-4-21(2)19(23)12-22-13-20-17-11-15(7-10-18(17)22)14-5-8-16(9-6-14)26(3,24)25/h5-11,13H,4,12H2,1-3H3. The number of amides is 1. The fraction of sp³-hybridized carbons (Fsp3) is 0.263. The predicted molar refractivity (Wildman–Crippen MR) is 102 cm³/mol. The number of rotatable bonds is 5. The Balaban J connectivity index is 1.90. The summed E-state index contributed by atoms with van der Waals surface area (Å²) in [6.07, 6.45) is 2.86. The van der Waals surface area contributed by atoms with Crippen molar-refractivity contribution in [3.8, 4) is 11.1 Å². The predicted octanol–water partition coefficient (Wildman–Crippen LogP) is 2.59. The van der Waals surface area contributed by atoms with Crippen molar-refractivity contribution in [1.82, 2.24) is 14.5 Å². The molecule has 0 unspecified atom stereocenters. The number of sulfone groups is 1. The van der Waals surface area contributed by atoms with E-state index in [2.05, 4.69) is 4.98 Å². The molecule has 0 spiro atoms. The van der Waals surface area contributed by atoms with Crippen molar-refractivity contribution in [3.05, 3.63) is 48.8 Å². The Morgan fingerprint density at radius 3 is 2.38 bits per heavy atom. The second-order valence-electron chi connectivity index (χ2n) is 6.28. The first-order chi connectivity index (χ1) is 12.3. The molecule has 26 heavy (non-hydrogen) atoms. The zero-order valence-electron chi connectivity index (χ0n) is 15.0. The topological polar surface area (TPSA) is 72.3 Å². The Kier molecular flexibility index (Phi) is 4.82. The molecule has 0 atom stereocenters. The van der Waals surface area contributed by atoms with Crippen LogP contribution in [-0.2, 0) is 21.2 Å². The molecule has 1 amide bonds. The van der Waals surface area contributed by atoms with E-state index in [1.165, 1.54) is 6.26 Å². The third kappa shape index (κ3) is 3.62. The van der Waals surface area contributed by atoms with Crippen molar-refractivity contribution in [2.75, 3.05) is 19.8 Å². The summed E-state index contributed by atoms with van der Waals surface area (Å²) in [5, 5.41) is 0. The van der Waals surface area contributed by atoms with Gasteiger partial charge in [-0.1, -0.05) is 18.2 Å². The first kappa shape index (κ1) is 18.1. The largest absolute Gasteiger partial charge is 0.344 e. The van der Waals surface area contributed by atoms with Gasteiger partial charge >= 0.3 is 0 Å². The molecule has 0 aliphatic heterocycles. The first-order valence-corrected chi connectivity index (χ1v) is 10.2. The van der Waals surface area contributed by atoms with Crippen LogP contribution in [0, 0.1) is 0 Å². The monoisotopic (exact) mass is 371 g/mol. The van der Waals surface area contributed by atoms with Gasteiger partial charge in [-0.05, 0) is 42.3 Å². The number of imidazole rings is 1. The number of hydrogen-bond acceptors (Lipinski definition) is 4. The summed E-state index contributed by atoms with van der Waals surface area (Å²) in [4.78, 5) is 18.5. The highest BCUT2D eigenvalue weighted by Gasteiger charge is 2.12. The van der Waals surface area contributed by atoms with Gasteiger partial charge in [-0.15, -0.1) is 0 Å². The lowest BCUT2D eigenvalue weighted by Crippen LogP contribution is -2.29. The second kappa shape index (κ2) is 6.92. The zero-order chi connectivity index (χ0) is 18.9. The van der Waals surface area contributed by atoms with E-state index in [0.29, 0.717) is 11.4 Å². The van der Waals surface area contributed by atoms with Gasteiger partial charge in [0.15, 0.2) is 9.84 Å². The van der Waals surface area contributed by atoms with Crippen LogP contribution in [0.3, 0.4) is 0 Å². The molecular weight excluding hydrogens is 350 g/mol. The summed E-state index contributed by atoms with van der Waals surface area (Å²) in [6, 6.07) is 12.6. The van der Waals surface area contributed by atoms with Gasteiger partial charge in [-0.3, -0.25) is 4.79 Å². The van der Waals surface area contributed by atoms with Crippen molar-refractivity contribution in [2.45, 2.75) is 18.4 Å². The lowest BCUT2D eigenvalue weighted by molar-refractivity contribution is -0.130. The molecule has 3 aromatic rings. The molecule has 2 aromatic carbocycles. The lowest BCUT2D eigenvalue weighted by Gasteiger charge is -2.14. The SMILES string of the molecule is CCN(C)C(=O)Cn1cnc2cc(-c3ccc(S(C)(=O)=O)cc3)ccc21. The molecule has 3 rings (SSSR count). The third-order valence-corrected chi connectivity index (χ3v) is 5.57. The van der Waals surface area contributed by atoms with Crippen molar-refractivity contribution < 1.29 is 13.2 Å². The molecular formula is C19H21N3O3S. The molecule has 0 aliphatic rings. The molecule has 0 saturated carbocycles. The molecule has 0 radical (unpaired) electrons. The maximum absolute atomic E-state index is 12.1. The Morgan fingerprint density at radius 1 is 1.12 bits per heavy atom. The Bertz CT molecular complexity index is 1050. The fourth-order valence-corrected chi connectivity index (χ4v) is 3.34. The number of fused-ring (bicyclic) bond motifs is 1. The van der Waals surface area contributed by atoms with E-state index in [1.54, 1.807) is 42.5 Å². The minimum Gasteiger partial charge on any atom is -0.344 e. The molecule has 0 saturated heterocycles. The molecule has 0 N–H and O–H groups in total. The van der Waals surface area contributed by atoms with Gasteiger partial charge in [0, 0.05) is 19.8 Å². The van der Waals surface area contributed by atoms with E-state index in [4.69, 9.17) is 0 Å². The van der Waals surface area contributed by atoms with E-state index in [-0.39, 0.29) is 12.5 Å². The molecule has 1 heterocycles. The van der Waals surface area contributed by atoms with Crippen LogP contribution in [0.2, 0.25) is 0 Å². The van der Waals surface area contributed by atoms with E-state index in [1.807, 2.05) is 29.7 Å². The Hall–Kier alpha value is -2.67. The number of nitrogens with zero attached hydrogens (tertiary/aromatic N) is 3. The van der Waals surface area contributed by atoms with E-state index >= 15 is 0 Å². The molecule has 0 bridgehead atoms. The molecule has 0 fully saturated rings. The summed E-state index contributed by atoms with van der Waals surface area (Å²) in [6.45, 7) is 2.85. The summed E-state index contributed by atoms with van der Waals surface area (Å²) >= 11 is 0. The molecule has 7 heteroatoms. The van der Waals surface area contributed by atoms with E-state index in [9.17, 15) is 13.2 Å². The smallest absolute Gasteiger partial charge is 0.242 e. The minimum atomic E-state index is -3.21. The van der Waals surface area contributed by atoms with E-state index < -0.39 is 9.84 Å². The average Bonchev–Trinajstić information content (AvgIpc) is 3.02. The number of likely N-dealkylation sites (N-methyl/N-ethyl adjacent to an activating group) is 1. The summed E-state index contributed by atoms with van der Waals surface area (Å²) in [5.41, 5.74) is 3.54. The Morgan fingerprint density at radius 2 is 1.77 bits per heavy atom. The van der Waals surface area contributed by atoms with Crippen LogP contribution < -0.4 is 0 Å². The molecule has 136 valence electrons. The summed E-state index contributed by atoms with van der Waals surface area (Å²) in [5.74, 6) is 0.0345. The van der Waals surface area contributed by atoms with Crippen LogP contribution in [0.1, 0.15) is 6.92 Å². The van der Waals surface area contributed by atoms with Crippen LogP contribution in [0.4, 0.5) is 0 Å². The van der Waals surface area contributed by atoms with Crippen molar-refractivity contribution in [1.29, 1.82) is 0 Å². The normalized spacial score (nSPS) is 11.7. The maximum atomic E-state index is 12.1. The number of benzene rings is 2. The van der Waals surface area contributed by atoms with Crippen molar-refractivity contribution >= 4 is 26.8 Å². The van der Waals surface area contributed by atoms with Crippen LogP contribution in [0.15, 0.2) is 53.7 Å². The quantitative estimate of drug-likeness (QED) is 0.691. The highest BCUT2D eigenvalue weighted by atomic mass is 32.2. The zero-order valence-corrected chi connectivity index (χ0v) is 15.8. The van der Waals surface area contributed by atoms with Gasteiger partial charge in [0.2, 0.25) is 5.91 Å². The van der Waals surface area contributed by atoms with Crippen molar-refractivity contribution in [2.24, 2.45) is 0 Å². The highest BCUT2D eigenvalue weighted by Crippen LogP contribution is 2.25. The van der Waals surface area contributed by atoms with Gasteiger partial charge in [0.25, 0.3) is 0 Å². The van der Waals surface area contributed by atoms with Crippen LogP contribution >= 0.6 is 0 Å². The average molecular weight is 371 g/mol. The number of hydrogen-bond donors (Lipinski definition) is 0. The summed E-state index contributed by atoms with van der Waals surface area (Å²) in [7, 11) is -1.43. The van der Waals surface area contributed by atoms with Gasteiger partial charge in [0.05, 0.1) is 22.3 Å². The highest BCUT2D eigenvalue weighted by molar-refractivity contribution is 7.90. The number of carbonyl (C=O) groups is 1. The van der Waals surface area contributed by atoms with Gasteiger partial charge < -0.3 is 9.47 Å². The van der Waals surface area contributed by atoms with Crippen LogP contribution in [0.25, 0.3) is 22.2 Å². The minimum absolute atomic E-state index is 0.0345. The van der Waals surface area contributed by atoms with Crippen LogP contribution in [0.5, 0.6) is 0 Å². The molecule has 6 nitrogen and oxygen atoms in total. The van der Waals surface area contributed by atoms with E-state index in [0.717, 1.165) is 22.2 Å². The molecule has 1 aromatic heterocycles. The Labute approximate surface area is 153 Å². The fourth-order valence-electron chi connectivity index (χ4n) is 2.71. The number of aromatic nitrogens is 2. The van der Waals surface area contributed by atoms with Crippen molar-refractivity contribution in [3.63, 3.8) is 0 Å². The van der Waals surface area contributed by atoms with Crippen LogP contribution in [-0.4, -0.2) is 48.6 Å². The van der Waals surface area contributed by atoms with Gasteiger partial charge in [-0.25, -0.2) is 13.4 Å². The number of carbonyl (C=O) groups excluding carboxylic acids is 1. The first-order valence-electron chi connectivity index (χ1n) is 8.29. The van der Waals surface area contributed by atoms with Gasteiger partial charge in [0.1, 0.15) is 6.54 Å².